The molecule has 2 rings (SSSR count). The molecular weight excluding hydrogens is 288 g/mol. The highest BCUT2D eigenvalue weighted by Gasteiger charge is 2.04. The predicted molar refractivity (Wildman–Crippen MR) is 77.3 cm³/mol. The van der Waals surface area contributed by atoms with Crippen LogP contribution in [0.2, 0.25) is 0 Å². The highest BCUT2D eigenvalue weighted by molar-refractivity contribution is 9.10. The molecule has 18 heavy (non-hydrogen) atoms. The van der Waals surface area contributed by atoms with Crippen LogP contribution in [0.25, 0.3) is 10.9 Å². The van der Waals surface area contributed by atoms with E-state index in [0.29, 0.717) is 11.4 Å². The van der Waals surface area contributed by atoms with Gasteiger partial charge in [-0.05, 0) is 47.8 Å². The molecule has 2 N–H and O–H groups in total. The Balaban J connectivity index is 2.58. The molecule has 0 aliphatic rings. The summed E-state index contributed by atoms with van der Waals surface area (Å²) >= 11 is 3.47. The van der Waals surface area contributed by atoms with Crippen LogP contribution in [-0.2, 0) is 0 Å². The quantitative estimate of drug-likeness (QED) is 0.759. The summed E-state index contributed by atoms with van der Waals surface area (Å²) in [6.45, 7) is 0. The average molecular weight is 295 g/mol. The molecule has 0 aliphatic carbocycles. The van der Waals surface area contributed by atoms with E-state index in [1.165, 1.54) is 0 Å². The zero-order chi connectivity index (χ0) is 13.0. The van der Waals surface area contributed by atoms with Crippen LogP contribution in [0.1, 0.15) is 5.56 Å². The van der Waals surface area contributed by atoms with Crippen molar-refractivity contribution < 1.29 is 0 Å². The average Bonchev–Trinajstić information content (AvgIpc) is 2.36. The first-order chi connectivity index (χ1) is 8.72. The van der Waals surface area contributed by atoms with Crippen molar-refractivity contribution in [2.24, 2.45) is 0 Å². The van der Waals surface area contributed by atoms with Crippen molar-refractivity contribution >= 4 is 32.7 Å². The van der Waals surface area contributed by atoms with Crippen molar-refractivity contribution in [3.8, 4) is 36.0 Å². The number of benzene rings is 1. The molecule has 2 nitrogen and oxygen atoms in total. The van der Waals surface area contributed by atoms with E-state index in [1.807, 2.05) is 24.3 Å². The zero-order valence-corrected chi connectivity index (χ0v) is 10.9. The first-order valence-corrected chi connectivity index (χ1v) is 5.83. The van der Waals surface area contributed by atoms with Crippen molar-refractivity contribution in [2.75, 3.05) is 5.73 Å². The Morgan fingerprint density at radius 1 is 1.22 bits per heavy atom. The lowest BCUT2D eigenvalue weighted by molar-refractivity contribution is 1.39. The number of fused-ring (bicyclic) bond motifs is 1. The topological polar surface area (TPSA) is 38.9 Å². The number of anilines is 1. The van der Waals surface area contributed by atoms with E-state index < -0.39 is 0 Å². The van der Waals surface area contributed by atoms with Crippen LogP contribution in [0, 0.1) is 36.0 Å². The molecule has 1 aromatic heterocycles. The molecule has 0 saturated heterocycles. The summed E-state index contributed by atoms with van der Waals surface area (Å²) in [5.74, 6) is 13.0. The Labute approximate surface area is 114 Å². The third-order valence-electron chi connectivity index (χ3n) is 2.23. The van der Waals surface area contributed by atoms with Gasteiger partial charge in [-0.25, -0.2) is 4.98 Å². The van der Waals surface area contributed by atoms with Gasteiger partial charge in [-0.15, -0.1) is 6.42 Å². The second-order valence-electron chi connectivity index (χ2n) is 3.37. The lowest BCUT2D eigenvalue weighted by Gasteiger charge is -2.03. The van der Waals surface area contributed by atoms with Crippen molar-refractivity contribution in [1.29, 1.82) is 0 Å². The number of nitrogens with zero attached hydrogens (tertiary/aromatic N) is 1. The monoisotopic (exact) mass is 294 g/mol. The maximum atomic E-state index is 5.83. The molecule has 0 spiro atoms. The van der Waals surface area contributed by atoms with Crippen LogP contribution in [0.15, 0.2) is 28.7 Å². The maximum Gasteiger partial charge on any atom is 0.139 e. The SMILES string of the molecule is C#CC#CC#Cc1cc2c(Br)cccc2nc1N. The number of hydrogen-bond acceptors (Lipinski definition) is 2. The first kappa shape index (κ1) is 12.1. The van der Waals surface area contributed by atoms with Crippen molar-refractivity contribution in [3.63, 3.8) is 0 Å². The van der Waals surface area contributed by atoms with E-state index in [9.17, 15) is 0 Å². The van der Waals surface area contributed by atoms with Gasteiger partial charge < -0.3 is 5.73 Å². The minimum Gasteiger partial charge on any atom is -0.383 e. The standard InChI is InChI=1S/C15H7BrN2/c1-2-3-4-5-7-11-10-12-13(16)8-6-9-14(12)18-15(11)17/h1,6,8-10H,(H2,17,18). The van der Waals surface area contributed by atoms with Crippen LogP contribution in [0.5, 0.6) is 0 Å². The van der Waals surface area contributed by atoms with E-state index in [0.717, 1.165) is 15.4 Å². The Morgan fingerprint density at radius 3 is 2.83 bits per heavy atom. The third-order valence-corrected chi connectivity index (χ3v) is 2.92. The molecule has 0 atom stereocenters. The number of nitrogen functional groups attached to an aromatic ring is 1. The smallest absolute Gasteiger partial charge is 0.139 e. The van der Waals surface area contributed by atoms with Gasteiger partial charge in [-0.3, -0.25) is 0 Å². The van der Waals surface area contributed by atoms with Crippen LogP contribution in [0.4, 0.5) is 5.82 Å². The van der Waals surface area contributed by atoms with Gasteiger partial charge in [-0.2, -0.15) is 0 Å². The molecule has 0 radical (unpaired) electrons. The van der Waals surface area contributed by atoms with Gasteiger partial charge in [0.2, 0.25) is 0 Å². The number of terminal acetylenes is 1. The summed E-state index contributed by atoms with van der Waals surface area (Å²) in [6, 6.07) is 7.62. The Bertz CT molecular complexity index is 777. The van der Waals surface area contributed by atoms with E-state index in [4.69, 9.17) is 12.2 Å². The van der Waals surface area contributed by atoms with Crippen molar-refractivity contribution in [2.45, 2.75) is 0 Å². The van der Waals surface area contributed by atoms with Crippen molar-refractivity contribution in [1.82, 2.24) is 4.98 Å². The molecule has 1 heterocycles. The van der Waals surface area contributed by atoms with Gasteiger partial charge in [0.05, 0.1) is 11.1 Å². The summed E-state index contributed by atoms with van der Waals surface area (Å²) in [5, 5.41) is 0.959. The fraction of sp³-hybridized carbons (Fsp3) is 0. The Kier molecular flexibility index (Phi) is 3.54. The molecule has 0 aliphatic heterocycles. The first-order valence-electron chi connectivity index (χ1n) is 5.03. The van der Waals surface area contributed by atoms with Crippen molar-refractivity contribution in [3.05, 3.63) is 34.3 Å². The van der Waals surface area contributed by atoms with Crippen LogP contribution in [0.3, 0.4) is 0 Å². The second-order valence-corrected chi connectivity index (χ2v) is 4.23. The van der Waals surface area contributed by atoms with Crippen LogP contribution >= 0.6 is 15.9 Å². The van der Waals surface area contributed by atoms with E-state index in [2.05, 4.69) is 50.5 Å². The summed E-state index contributed by atoms with van der Waals surface area (Å²) in [6.07, 6.45) is 5.00. The molecule has 0 bridgehead atoms. The minimum absolute atomic E-state index is 0.385. The Hall–Kier alpha value is -2.41. The number of hydrogen-bond donors (Lipinski definition) is 1. The predicted octanol–water partition coefficient (Wildman–Crippen LogP) is 2.57. The fourth-order valence-corrected chi connectivity index (χ4v) is 1.91. The molecule has 1 aromatic carbocycles. The number of aromatic nitrogens is 1. The molecule has 2 aromatic rings. The molecule has 0 fully saturated rings. The van der Waals surface area contributed by atoms with Gasteiger partial charge in [-0.1, -0.05) is 22.0 Å². The molecular formula is C15H7BrN2. The third kappa shape index (κ3) is 2.46. The van der Waals surface area contributed by atoms with Crippen LogP contribution < -0.4 is 5.73 Å². The van der Waals surface area contributed by atoms with E-state index >= 15 is 0 Å². The lowest BCUT2D eigenvalue weighted by Crippen LogP contribution is -1.95. The molecule has 3 heteroatoms. The van der Waals surface area contributed by atoms with Gasteiger partial charge >= 0.3 is 0 Å². The summed E-state index contributed by atoms with van der Waals surface area (Å²) in [7, 11) is 0. The van der Waals surface area contributed by atoms with E-state index in [-0.39, 0.29) is 0 Å². The number of rotatable bonds is 0. The molecule has 84 valence electrons. The highest BCUT2D eigenvalue weighted by Crippen LogP contribution is 2.25. The fourth-order valence-electron chi connectivity index (χ4n) is 1.44. The summed E-state index contributed by atoms with van der Waals surface area (Å²) < 4.78 is 0.949. The van der Waals surface area contributed by atoms with Gasteiger partial charge in [0, 0.05) is 9.86 Å². The molecule has 0 unspecified atom stereocenters. The van der Waals surface area contributed by atoms with Gasteiger partial charge in [0.25, 0.3) is 0 Å². The molecule has 0 saturated carbocycles. The number of halogens is 1. The van der Waals surface area contributed by atoms with Gasteiger partial charge in [0.1, 0.15) is 5.82 Å². The Morgan fingerprint density at radius 2 is 2.06 bits per heavy atom. The second kappa shape index (κ2) is 5.28. The zero-order valence-electron chi connectivity index (χ0n) is 9.29. The highest BCUT2D eigenvalue weighted by atomic mass is 79.9. The number of nitrogens with two attached hydrogens (primary N) is 1. The minimum atomic E-state index is 0.385. The molecule has 0 amide bonds. The van der Waals surface area contributed by atoms with Gasteiger partial charge in [0.15, 0.2) is 0 Å². The summed E-state index contributed by atoms with van der Waals surface area (Å²) in [4.78, 5) is 4.29. The number of pyridine rings is 1. The normalized spacial score (nSPS) is 8.67. The summed E-state index contributed by atoms with van der Waals surface area (Å²) in [5.41, 5.74) is 7.30. The maximum absolute atomic E-state index is 5.83. The lowest BCUT2D eigenvalue weighted by atomic mass is 10.1. The van der Waals surface area contributed by atoms with E-state index in [1.54, 1.807) is 0 Å². The largest absolute Gasteiger partial charge is 0.383 e. The van der Waals surface area contributed by atoms with Crippen LogP contribution in [-0.4, -0.2) is 4.98 Å².